The summed E-state index contributed by atoms with van der Waals surface area (Å²) in [6.45, 7) is 0. The molecule has 1 atom stereocenters. The number of ether oxygens (including phenoxy) is 1. The lowest BCUT2D eigenvalue weighted by atomic mass is 9.99. The highest BCUT2D eigenvalue weighted by Gasteiger charge is 2.49. The van der Waals surface area contributed by atoms with Gasteiger partial charge in [0, 0.05) is 16.5 Å². The minimum atomic E-state index is -0.616. The summed E-state index contributed by atoms with van der Waals surface area (Å²) in [4.78, 5) is 28.5. The number of halogens is 1. The third-order valence-electron chi connectivity index (χ3n) is 5.44. The van der Waals surface area contributed by atoms with Crippen molar-refractivity contribution < 1.29 is 19.4 Å². The second-order valence-corrected chi connectivity index (χ2v) is 8.84. The number of carbonyl (C=O) groups excluding carboxylic acids is 2. The molecule has 1 aliphatic heterocycles. The fraction of sp³-hybridized carbons (Fsp3) is 0.333. The first-order valence-electron chi connectivity index (χ1n) is 9.20. The minimum Gasteiger partial charge on any atom is -0.507 e. The van der Waals surface area contributed by atoms with Gasteiger partial charge in [-0.25, -0.2) is 0 Å². The molecular formula is C21H20BrNO4S. The third-order valence-corrected chi connectivity index (χ3v) is 6.98. The Hall–Kier alpha value is -2.12. The van der Waals surface area contributed by atoms with Gasteiger partial charge in [0.15, 0.2) is 0 Å². The van der Waals surface area contributed by atoms with Crippen LogP contribution in [-0.2, 0) is 9.59 Å². The standard InChI is InChI=1S/C21H20BrNO4S/c1-27-15-9-8-12(11-14(15)22)19(24)17-18(16-7-4-10-28-16)23(21(26)20(17)25)13-5-2-3-6-13/h4,7-11,13,18,24H,2-3,5-6H2,1H3/b19-17-. The van der Waals surface area contributed by atoms with E-state index in [1.165, 1.54) is 11.3 Å². The largest absolute Gasteiger partial charge is 0.507 e. The molecule has 2 aliphatic rings. The fourth-order valence-corrected chi connectivity index (χ4v) is 5.48. The summed E-state index contributed by atoms with van der Waals surface area (Å²) in [5.41, 5.74) is 0.634. The van der Waals surface area contributed by atoms with Gasteiger partial charge in [-0.05, 0) is 58.4 Å². The molecule has 0 bridgehead atoms. The molecule has 7 heteroatoms. The number of Topliss-reactive ketones (excluding diaryl/α,β-unsaturated/α-hetero) is 1. The zero-order valence-corrected chi connectivity index (χ0v) is 17.8. The van der Waals surface area contributed by atoms with E-state index in [9.17, 15) is 14.7 Å². The van der Waals surface area contributed by atoms with Gasteiger partial charge in [0.25, 0.3) is 11.7 Å². The average molecular weight is 462 g/mol. The van der Waals surface area contributed by atoms with Crippen LogP contribution >= 0.6 is 27.3 Å². The molecule has 0 radical (unpaired) electrons. The van der Waals surface area contributed by atoms with Crippen LogP contribution in [0.3, 0.4) is 0 Å². The number of methoxy groups -OCH3 is 1. The van der Waals surface area contributed by atoms with E-state index >= 15 is 0 Å². The lowest BCUT2D eigenvalue weighted by Crippen LogP contribution is -2.37. The van der Waals surface area contributed by atoms with E-state index in [1.807, 2.05) is 17.5 Å². The number of likely N-dealkylation sites (tertiary alicyclic amines) is 1. The number of nitrogens with zero attached hydrogens (tertiary/aromatic N) is 1. The van der Waals surface area contributed by atoms with Crippen LogP contribution in [0.4, 0.5) is 0 Å². The molecule has 2 heterocycles. The van der Waals surface area contributed by atoms with Crippen molar-refractivity contribution in [2.75, 3.05) is 7.11 Å². The van der Waals surface area contributed by atoms with Crippen LogP contribution in [0.25, 0.3) is 5.76 Å². The minimum absolute atomic E-state index is 0.0384. The second-order valence-electron chi connectivity index (χ2n) is 7.01. The lowest BCUT2D eigenvalue weighted by molar-refractivity contribution is -0.141. The monoisotopic (exact) mass is 461 g/mol. The molecule has 28 heavy (non-hydrogen) atoms. The third kappa shape index (κ3) is 3.16. The lowest BCUT2D eigenvalue weighted by Gasteiger charge is -2.29. The van der Waals surface area contributed by atoms with Crippen molar-refractivity contribution >= 4 is 44.7 Å². The van der Waals surface area contributed by atoms with Crippen LogP contribution in [0.1, 0.15) is 42.2 Å². The first-order valence-corrected chi connectivity index (χ1v) is 10.9. The maximum absolute atomic E-state index is 13.0. The zero-order chi connectivity index (χ0) is 19.8. The molecule has 1 aliphatic carbocycles. The smallest absolute Gasteiger partial charge is 0.295 e. The van der Waals surface area contributed by atoms with Crippen molar-refractivity contribution in [3.05, 3.63) is 56.2 Å². The van der Waals surface area contributed by atoms with Crippen LogP contribution < -0.4 is 4.74 Å². The molecule has 5 nitrogen and oxygen atoms in total. The van der Waals surface area contributed by atoms with Crippen molar-refractivity contribution in [1.82, 2.24) is 4.90 Å². The molecule has 1 N–H and O–H groups in total. The van der Waals surface area contributed by atoms with Crippen molar-refractivity contribution in [1.29, 1.82) is 0 Å². The SMILES string of the molecule is COc1ccc(/C(O)=C2/C(=O)C(=O)N(C3CCCC3)C2c2cccs2)cc1Br. The van der Waals surface area contributed by atoms with E-state index in [4.69, 9.17) is 4.74 Å². The molecule has 1 amide bonds. The number of benzene rings is 1. The number of aliphatic hydroxyl groups excluding tert-OH is 1. The van der Waals surface area contributed by atoms with Crippen molar-refractivity contribution in [2.24, 2.45) is 0 Å². The maximum atomic E-state index is 13.0. The molecule has 1 aromatic carbocycles. The van der Waals surface area contributed by atoms with Gasteiger partial charge in [0.05, 0.1) is 23.2 Å². The summed E-state index contributed by atoms with van der Waals surface area (Å²) in [5, 5.41) is 13.0. The highest BCUT2D eigenvalue weighted by molar-refractivity contribution is 9.10. The molecular weight excluding hydrogens is 442 g/mol. The van der Waals surface area contributed by atoms with E-state index in [2.05, 4.69) is 15.9 Å². The Morgan fingerprint density at radius 3 is 2.61 bits per heavy atom. The summed E-state index contributed by atoms with van der Waals surface area (Å²) in [7, 11) is 1.56. The number of hydrogen-bond donors (Lipinski definition) is 1. The van der Waals surface area contributed by atoms with Crippen molar-refractivity contribution in [3.8, 4) is 5.75 Å². The Morgan fingerprint density at radius 2 is 2.00 bits per heavy atom. The number of carbonyl (C=O) groups is 2. The van der Waals surface area contributed by atoms with Gasteiger partial charge in [-0.3, -0.25) is 9.59 Å². The highest BCUT2D eigenvalue weighted by Crippen LogP contribution is 2.45. The molecule has 1 unspecified atom stereocenters. The molecule has 1 saturated carbocycles. The van der Waals surface area contributed by atoms with Gasteiger partial charge < -0.3 is 14.7 Å². The Morgan fingerprint density at radius 1 is 1.25 bits per heavy atom. The second kappa shape index (κ2) is 7.72. The Bertz CT molecular complexity index is 947. The number of aliphatic hydroxyl groups is 1. The fourth-order valence-electron chi connectivity index (χ4n) is 4.10. The van der Waals surface area contributed by atoms with Crippen LogP contribution in [-0.4, -0.2) is 34.8 Å². The predicted octanol–water partition coefficient (Wildman–Crippen LogP) is 4.88. The molecule has 2 aromatic rings. The summed E-state index contributed by atoms with van der Waals surface area (Å²) in [5.74, 6) is -0.660. The summed E-state index contributed by atoms with van der Waals surface area (Å²) in [6.07, 6.45) is 3.89. The van der Waals surface area contributed by atoms with Gasteiger partial charge >= 0.3 is 0 Å². The van der Waals surface area contributed by atoms with Gasteiger partial charge in [-0.2, -0.15) is 0 Å². The molecule has 2 fully saturated rings. The van der Waals surface area contributed by atoms with Crippen molar-refractivity contribution in [3.63, 3.8) is 0 Å². The van der Waals surface area contributed by atoms with Gasteiger partial charge in [-0.1, -0.05) is 18.9 Å². The van der Waals surface area contributed by atoms with E-state index in [0.29, 0.717) is 15.8 Å². The summed E-state index contributed by atoms with van der Waals surface area (Å²) < 4.78 is 5.90. The Labute approximate surface area is 175 Å². The van der Waals surface area contributed by atoms with Crippen LogP contribution in [0.2, 0.25) is 0 Å². The number of amides is 1. The first kappa shape index (κ1) is 19.2. The van der Waals surface area contributed by atoms with Crippen LogP contribution in [0.5, 0.6) is 5.75 Å². The van der Waals surface area contributed by atoms with Gasteiger partial charge in [0.2, 0.25) is 0 Å². The number of ketones is 1. The number of hydrogen-bond acceptors (Lipinski definition) is 5. The Balaban J connectivity index is 1.85. The van der Waals surface area contributed by atoms with Gasteiger partial charge in [-0.15, -0.1) is 11.3 Å². The van der Waals surface area contributed by atoms with E-state index < -0.39 is 17.7 Å². The number of thiophene rings is 1. The maximum Gasteiger partial charge on any atom is 0.295 e. The summed E-state index contributed by atoms with van der Waals surface area (Å²) in [6, 6.07) is 8.42. The Kier molecular flexibility index (Phi) is 5.29. The first-order chi connectivity index (χ1) is 13.5. The van der Waals surface area contributed by atoms with Crippen LogP contribution in [0.15, 0.2) is 45.8 Å². The van der Waals surface area contributed by atoms with E-state index in [-0.39, 0.29) is 17.4 Å². The van der Waals surface area contributed by atoms with E-state index in [0.717, 1.165) is 30.6 Å². The predicted molar refractivity (Wildman–Crippen MR) is 111 cm³/mol. The quantitative estimate of drug-likeness (QED) is 0.400. The zero-order valence-electron chi connectivity index (χ0n) is 15.4. The molecule has 1 aromatic heterocycles. The molecule has 4 rings (SSSR count). The average Bonchev–Trinajstić information content (AvgIpc) is 3.43. The van der Waals surface area contributed by atoms with Crippen molar-refractivity contribution in [2.45, 2.75) is 37.8 Å². The summed E-state index contributed by atoms with van der Waals surface area (Å²) >= 11 is 4.90. The topological polar surface area (TPSA) is 66.8 Å². The van der Waals surface area contributed by atoms with E-state index in [1.54, 1.807) is 30.2 Å². The molecule has 1 saturated heterocycles. The highest BCUT2D eigenvalue weighted by atomic mass is 79.9. The number of rotatable bonds is 4. The normalized spacial score (nSPS) is 22.2. The molecule has 0 spiro atoms. The van der Waals surface area contributed by atoms with Crippen LogP contribution in [0, 0.1) is 0 Å². The molecule has 146 valence electrons. The van der Waals surface area contributed by atoms with Gasteiger partial charge in [0.1, 0.15) is 11.5 Å².